The van der Waals surface area contributed by atoms with E-state index in [4.69, 9.17) is 11.5 Å². The van der Waals surface area contributed by atoms with Gasteiger partial charge in [0.1, 0.15) is 0 Å². The van der Waals surface area contributed by atoms with Crippen LogP contribution in [0.25, 0.3) is 0 Å². The minimum Gasteiger partial charge on any atom is -0.330 e. The fourth-order valence-corrected chi connectivity index (χ4v) is 3.18. The van der Waals surface area contributed by atoms with Gasteiger partial charge < -0.3 is 16.8 Å². The van der Waals surface area contributed by atoms with E-state index in [1.165, 1.54) is 129 Å². The highest BCUT2D eigenvalue weighted by Crippen LogP contribution is 2.05. The second-order valence-electron chi connectivity index (χ2n) is 7.98. The molecule has 3 heteroatoms. The standard InChI is InChI=1S/C16H35N.C8H20N2/c1-3-5-7-9-11-13-15-17-16-14-12-10-8-6-4-2;9-7-5-3-1-2-4-6-8-10/h17H,3-16H2,1-2H3;1-10H2. The minimum absolute atomic E-state index is 0.844. The third-order valence-corrected chi connectivity index (χ3v) is 5.07. The number of unbranched alkanes of at least 4 members (excludes halogenated alkanes) is 15. The van der Waals surface area contributed by atoms with Crippen LogP contribution in [0.2, 0.25) is 0 Å². The first-order chi connectivity index (χ1) is 13.3. The molecule has 0 rings (SSSR count). The van der Waals surface area contributed by atoms with Crippen LogP contribution in [-0.4, -0.2) is 26.2 Å². The Morgan fingerprint density at radius 1 is 0.407 bits per heavy atom. The van der Waals surface area contributed by atoms with Crippen LogP contribution in [0.1, 0.15) is 129 Å². The number of rotatable bonds is 21. The zero-order valence-corrected chi connectivity index (χ0v) is 19.2. The Hall–Kier alpha value is -0.120. The summed E-state index contributed by atoms with van der Waals surface area (Å²) in [5.74, 6) is 0. The highest BCUT2D eigenvalue weighted by Gasteiger charge is 1.92. The maximum Gasteiger partial charge on any atom is -0.00489 e. The Labute approximate surface area is 172 Å². The van der Waals surface area contributed by atoms with Crippen molar-refractivity contribution >= 4 is 0 Å². The molecular weight excluding hydrogens is 330 g/mol. The van der Waals surface area contributed by atoms with E-state index < -0.39 is 0 Å². The molecule has 0 fully saturated rings. The van der Waals surface area contributed by atoms with Crippen molar-refractivity contribution in [3.63, 3.8) is 0 Å². The molecule has 0 unspecified atom stereocenters. The van der Waals surface area contributed by atoms with Crippen molar-refractivity contribution in [2.75, 3.05) is 26.2 Å². The molecule has 0 saturated heterocycles. The molecule has 0 aromatic rings. The van der Waals surface area contributed by atoms with Crippen LogP contribution < -0.4 is 16.8 Å². The van der Waals surface area contributed by atoms with Crippen molar-refractivity contribution in [3.05, 3.63) is 0 Å². The zero-order chi connectivity index (χ0) is 20.3. The Kier molecular flexibility index (Phi) is 33.0. The Morgan fingerprint density at radius 3 is 1.04 bits per heavy atom. The van der Waals surface area contributed by atoms with E-state index in [0.29, 0.717) is 0 Å². The van der Waals surface area contributed by atoms with Gasteiger partial charge in [0.05, 0.1) is 0 Å². The molecule has 0 amide bonds. The summed E-state index contributed by atoms with van der Waals surface area (Å²) in [6, 6.07) is 0. The van der Waals surface area contributed by atoms with E-state index in [0.717, 1.165) is 13.1 Å². The zero-order valence-electron chi connectivity index (χ0n) is 19.2. The number of nitrogens with one attached hydrogen (secondary N) is 1. The number of hydrogen-bond acceptors (Lipinski definition) is 3. The Morgan fingerprint density at radius 2 is 0.704 bits per heavy atom. The molecule has 0 aliphatic carbocycles. The molecule has 0 aliphatic heterocycles. The molecule has 0 bridgehead atoms. The highest BCUT2D eigenvalue weighted by molar-refractivity contribution is 4.51. The summed E-state index contributed by atoms with van der Waals surface area (Å²) in [6.45, 7) is 8.72. The van der Waals surface area contributed by atoms with Gasteiger partial charge in [-0.3, -0.25) is 0 Å². The fourth-order valence-electron chi connectivity index (χ4n) is 3.18. The smallest absolute Gasteiger partial charge is 0.00489 e. The maximum absolute atomic E-state index is 5.35. The van der Waals surface area contributed by atoms with E-state index >= 15 is 0 Å². The van der Waals surface area contributed by atoms with Crippen molar-refractivity contribution in [1.29, 1.82) is 0 Å². The topological polar surface area (TPSA) is 64.1 Å². The second-order valence-corrected chi connectivity index (χ2v) is 7.98. The number of hydrogen-bond donors (Lipinski definition) is 3. The summed E-state index contributed by atoms with van der Waals surface area (Å²) in [5, 5.41) is 3.57. The quantitative estimate of drug-likeness (QED) is 0.196. The molecule has 166 valence electrons. The van der Waals surface area contributed by atoms with Crippen molar-refractivity contribution in [1.82, 2.24) is 5.32 Å². The average molecular weight is 386 g/mol. The van der Waals surface area contributed by atoms with Gasteiger partial charge in [0, 0.05) is 0 Å². The fraction of sp³-hybridized carbons (Fsp3) is 1.00. The van der Waals surface area contributed by atoms with Gasteiger partial charge in [0.25, 0.3) is 0 Å². The van der Waals surface area contributed by atoms with E-state index in [-0.39, 0.29) is 0 Å². The van der Waals surface area contributed by atoms with E-state index in [1.807, 2.05) is 0 Å². The second kappa shape index (κ2) is 30.6. The predicted molar refractivity (Wildman–Crippen MR) is 125 cm³/mol. The molecule has 27 heavy (non-hydrogen) atoms. The van der Waals surface area contributed by atoms with Gasteiger partial charge >= 0.3 is 0 Å². The lowest BCUT2D eigenvalue weighted by Crippen LogP contribution is -2.16. The Balaban J connectivity index is 0. The summed E-state index contributed by atoms with van der Waals surface area (Å²) >= 11 is 0. The van der Waals surface area contributed by atoms with Gasteiger partial charge in [0.15, 0.2) is 0 Å². The van der Waals surface area contributed by atoms with Crippen molar-refractivity contribution < 1.29 is 0 Å². The van der Waals surface area contributed by atoms with E-state index in [9.17, 15) is 0 Å². The summed E-state index contributed by atoms with van der Waals surface area (Å²) < 4.78 is 0. The Bertz CT molecular complexity index is 200. The molecule has 0 aromatic heterocycles. The van der Waals surface area contributed by atoms with Crippen molar-refractivity contribution in [2.24, 2.45) is 11.5 Å². The van der Waals surface area contributed by atoms with Gasteiger partial charge in [-0.15, -0.1) is 0 Å². The molecule has 0 radical (unpaired) electrons. The third-order valence-electron chi connectivity index (χ3n) is 5.07. The molecule has 0 aliphatic rings. The van der Waals surface area contributed by atoms with Crippen molar-refractivity contribution in [3.8, 4) is 0 Å². The largest absolute Gasteiger partial charge is 0.330 e. The van der Waals surface area contributed by atoms with Gasteiger partial charge in [0.2, 0.25) is 0 Å². The van der Waals surface area contributed by atoms with Crippen LogP contribution in [0, 0.1) is 0 Å². The lowest BCUT2D eigenvalue weighted by molar-refractivity contribution is 0.543. The van der Waals surface area contributed by atoms with E-state index in [1.54, 1.807) is 0 Å². The molecule has 0 spiro atoms. The summed E-state index contributed by atoms with van der Waals surface area (Å²) in [7, 11) is 0. The van der Waals surface area contributed by atoms with Gasteiger partial charge in [-0.2, -0.15) is 0 Å². The van der Waals surface area contributed by atoms with Gasteiger partial charge in [-0.25, -0.2) is 0 Å². The highest BCUT2D eigenvalue weighted by atomic mass is 14.8. The monoisotopic (exact) mass is 385 g/mol. The normalized spacial score (nSPS) is 10.7. The molecular formula is C24H55N3. The van der Waals surface area contributed by atoms with Crippen LogP contribution in [0.15, 0.2) is 0 Å². The molecule has 0 heterocycles. The van der Waals surface area contributed by atoms with Crippen molar-refractivity contribution in [2.45, 2.75) is 129 Å². The van der Waals surface area contributed by atoms with Crippen LogP contribution in [-0.2, 0) is 0 Å². The maximum atomic E-state index is 5.35. The van der Waals surface area contributed by atoms with Crippen LogP contribution in [0.5, 0.6) is 0 Å². The minimum atomic E-state index is 0.844. The number of nitrogens with two attached hydrogens (primary N) is 2. The van der Waals surface area contributed by atoms with Crippen LogP contribution >= 0.6 is 0 Å². The third kappa shape index (κ3) is 33.9. The SMILES string of the molecule is CCCCCCCCNCCCCCCCC.NCCCCCCCCN. The first-order valence-electron chi connectivity index (χ1n) is 12.4. The first-order valence-corrected chi connectivity index (χ1v) is 12.4. The van der Waals surface area contributed by atoms with Crippen LogP contribution in [0.4, 0.5) is 0 Å². The summed E-state index contributed by atoms with van der Waals surface area (Å²) in [5.41, 5.74) is 10.7. The molecule has 0 saturated carbocycles. The first kappa shape index (κ1) is 29.1. The molecule has 5 N–H and O–H groups in total. The lowest BCUT2D eigenvalue weighted by Gasteiger charge is -2.04. The predicted octanol–water partition coefficient (Wildman–Crippen LogP) is 6.54. The lowest BCUT2D eigenvalue weighted by atomic mass is 10.1. The summed E-state index contributed by atoms with van der Waals surface area (Å²) in [6.07, 6.45) is 24.5. The van der Waals surface area contributed by atoms with Crippen LogP contribution in [0.3, 0.4) is 0 Å². The van der Waals surface area contributed by atoms with Gasteiger partial charge in [-0.05, 0) is 51.9 Å². The molecule has 0 aromatic carbocycles. The average Bonchev–Trinajstić information content (AvgIpc) is 2.69. The molecule has 3 nitrogen and oxygen atoms in total. The summed E-state index contributed by atoms with van der Waals surface area (Å²) in [4.78, 5) is 0. The van der Waals surface area contributed by atoms with E-state index in [2.05, 4.69) is 19.2 Å². The van der Waals surface area contributed by atoms with Gasteiger partial charge in [-0.1, -0.05) is 104 Å². The molecule has 0 atom stereocenters.